The van der Waals surface area contributed by atoms with E-state index in [1.54, 1.807) is 60.0 Å². The van der Waals surface area contributed by atoms with Crippen LogP contribution in [-0.2, 0) is 31.7 Å². The predicted molar refractivity (Wildman–Crippen MR) is 129 cm³/mol. The van der Waals surface area contributed by atoms with Crippen molar-refractivity contribution in [2.75, 3.05) is 17.7 Å². The van der Waals surface area contributed by atoms with Crippen LogP contribution >= 0.6 is 11.8 Å². The summed E-state index contributed by atoms with van der Waals surface area (Å²) in [4.78, 5) is 24.8. The largest absolute Gasteiger partial charge is 0.462 e. The second kappa shape index (κ2) is 11.6. The van der Waals surface area contributed by atoms with Gasteiger partial charge in [-0.15, -0.1) is 16.8 Å². The summed E-state index contributed by atoms with van der Waals surface area (Å²) in [5.74, 6) is -1.01. The number of thioether (sulfide) groups is 1. The number of rotatable bonds is 11. The maximum Gasteiger partial charge on any atom is 0.340 e. The molecule has 0 fully saturated rings. The summed E-state index contributed by atoms with van der Waals surface area (Å²) >= 11 is 1.10. The number of sulfone groups is 1. The predicted octanol–water partition coefficient (Wildman–Crippen LogP) is 3.35. The van der Waals surface area contributed by atoms with Crippen molar-refractivity contribution in [2.45, 2.75) is 29.3 Å². The van der Waals surface area contributed by atoms with Gasteiger partial charge in [-0.3, -0.25) is 4.79 Å². The summed E-state index contributed by atoms with van der Waals surface area (Å²) in [6.07, 6.45) is 1.60. The molecule has 0 saturated heterocycles. The highest BCUT2D eigenvalue weighted by Gasteiger charge is 2.22. The van der Waals surface area contributed by atoms with Crippen LogP contribution in [0.4, 0.5) is 5.69 Å². The summed E-state index contributed by atoms with van der Waals surface area (Å²) < 4.78 is 32.1. The normalized spacial score (nSPS) is 11.1. The lowest BCUT2D eigenvalue weighted by molar-refractivity contribution is -0.113. The standard InChI is InChI=1S/C23H24N4O5S2/c1-3-14-27-20(16-34(30,31)17-10-6-5-7-11-17)25-26-23(27)33-15-21(28)24-19-13-9-8-12-18(19)22(29)32-4-2/h3,5-13H,1,4,14-16H2,2H3,(H,24,28). The van der Waals surface area contributed by atoms with Gasteiger partial charge in [-0.25, -0.2) is 13.2 Å². The van der Waals surface area contributed by atoms with Crippen molar-refractivity contribution < 1.29 is 22.7 Å². The van der Waals surface area contributed by atoms with Gasteiger partial charge < -0.3 is 14.6 Å². The molecule has 1 amide bonds. The van der Waals surface area contributed by atoms with Crippen LogP contribution in [-0.4, -0.2) is 47.4 Å². The van der Waals surface area contributed by atoms with E-state index in [4.69, 9.17) is 4.74 Å². The number of nitrogens with zero attached hydrogens (tertiary/aromatic N) is 3. The van der Waals surface area contributed by atoms with E-state index in [-0.39, 0.29) is 46.8 Å². The molecule has 0 atom stereocenters. The number of ether oxygens (including phenoxy) is 1. The van der Waals surface area contributed by atoms with Gasteiger partial charge in [-0.05, 0) is 31.2 Å². The smallest absolute Gasteiger partial charge is 0.340 e. The van der Waals surface area contributed by atoms with Gasteiger partial charge in [0, 0.05) is 6.54 Å². The molecule has 0 unspecified atom stereocenters. The van der Waals surface area contributed by atoms with Crippen LogP contribution < -0.4 is 5.32 Å². The lowest BCUT2D eigenvalue weighted by Crippen LogP contribution is -2.18. The maximum absolute atomic E-state index is 12.8. The molecular weight excluding hydrogens is 476 g/mol. The minimum absolute atomic E-state index is 0.0299. The average Bonchev–Trinajstić information content (AvgIpc) is 3.19. The number of amides is 1. The molecule has 0 aliphatic rings. The third-order valence-corrected chi connectivity index (χ3v) is 7.15. The van der Waals surface area contributed by atoms with Gasteiger partial charge in [-0.2, -0.15) is 0 Å². The number of benzene rings is 2. The Morgan fingerprint density at radius 2 is 1.82 bits per heavy atom. The molecule has 1 aromatic heterocycles. The van der Waals surface area contributed by atoms with Crippen molar-refractivity contribution in [2.24, 2.45) is 0 Å². The van der Waals surface area contributed by atoms with E-state index in [0.717, 1.165) is 11.8 Å². The van der Waals surface area contributed by atoms with E-state index in [1.165, 1.54) is 12.1 Å². The summed E-state index contributed by atoms with van der Waals surface area (Å²) in [6, 6.07) is 14.7. The SMILES string of the molecule is C=CCn1c(CS(=O)(=O)c2ccccc2)nnc1SCC(=O)Nc1ccccc1C(=O)OCC. The highest BCUT2D eigenvalue weighted by atomic mass is 32.2. The molecule has 1 N–H and O–H groups in total. The average molecular weight is 501 g/mol. The number of aromatic nitrogens is 3. The summed E-state index contributed by atoms with van der Waals surface area (Å²) in [7, 11) is -3.62. The Hall–Kier alpha value is -3.44. The Labute approximate surface area is 202 Å². The minimum atomic E-state index is -3.62. The second-order valence-corrected chi connectivity index (χ2v) is 9.91. The highest BCUT2D eigenvalue weighted by molar-refractivity contribution is 7.99. The Balaban J connectivity index is 1.71. The lowest BCUT2D eigenvalue weighted by atomic mass is 10.2. The van der Waals surface area contributed by atoms with Crippen molar-refractivity contribution in [3.05, 3.63) is 78.6 Å². The molecule has 11 heteroatoms. The molecule has 3 rings (SSSR count). The minimum Gasteiger partial charge on any atom is -0.462 e. The second-order valence-electron chi connectivity index (χ2n) is 6.97. The van der Waals surface area contributed by atoms with Crippen LogP contribution in [0, 0.1) is 0 Å². The molecule has 1 heterocycles. The van der Waals surface area contributed by atoms with Gasteiger partial charge in [0.1, 0.15) is 11.6 Å². The summed E-state index contributed by atoms with van der Waals surface area (Å²) in [5.41, 5.74) is 0.597. The van der Waals surface area contributed by atoms with E-state index in [9.17, 15) is 18.0 Å². The number of esters is 1. The van der Waals surface area contributed by atoms with Gasteiger partial charge in [0.15, 0.2) is 15.0 Å². The zero-order valence-corrected chi connectivity index (χ0v) is 20.1. The third kappa shape index (κ3) is 6.33. The van der Waals surface area contributed by atoms with Gasteiger partial charge >= 0.3 is 5.97 Å². The number of anilines is 1. The molecule has 0 bridgehead atoms. The molecule has 9 nitrogen and oxygen atoms in total. The van der Waals surface area contributed by atoms with Crippen molar-refractivity contribution in [1.82, 2.24) is 14.8 Å². The van der Waals surface area contributed by atoms with Crippen LogP contribution in [0.5, 0.6) is 0 Å². The van der Waals surface area contributed by atoms with Crippen LogP contribution in [0.25, 0.3) is 0 Å². The van der Waals surface area contributed by atoms with Gasteiger partial charge in [-0.1, -0.05) is 48.2 Å². The molecule has 0 saturated carbocycles. The fourth-order valence-corrected chi connectivity index (χ4v) is 5.08. The number of carbonyl (C=O) groups excluding carboxylic acids is 2. The van der Waals surface area contributed by atoms with E-state index in [2.05, 4.69) is 22.1 Å². The molecular formula is C23H24N4O5S2. The molecule has 34 heavy (non-hydrogen) atoms. The number of hydrogen-bond acceptors (Lipinski definition) is 8. The Kier molecular flexibility index (Phi) is 8.61. The van der Waals surface area contributed by atoms with Gasteiger partial charge in [0.25, 0.3) is 0 Å². The Bertz CT molecular complexity index is 1270. The first kappa shape index (κ1) is 25.2. The number of para-hydroxylation sites is 1. The van der Waals surface area contributed by atoms with E-state index in [1.807, 2.05) is 0 Å². The lowest BCUT2D eigenvalue weighted by Gasteiger charge is -2.11. The van der Waals surface area contributed by atoms with E-state index in [0.29, 0.717) is 10.8 Å². The van der Waals surface area contributed by atoms with E-state index >= 15 is 0 Å². The monoisotopic (exact) mass is 500 g/mol. The van der Waals surface area contributed by atoms with E-state index < -0.39 is 15.8 Å². The molecule has 0 radical (unpaired) electrons. The van der Waals surface area contributed by atoms with Gasteiger partial charge in [0.2, 0.25) is 5.91 Å². The fraction of sp³-hybridized carbons (Fsp3) is 0.217. The first-order valence-electron chi connectivity index (χ1n) is 10.3. The zero-order valence-electron chi connectivity index (χ0n) is 18.5. The van der Waals surface area contributed by atoms with Crippen molar-refractivity contribution in [1.29, 1.82) is 0 Å². The number of nitrogens with one attached hydrogen (secondary N) is 1. The molecule has 0 spiro atoms. The van der Waals surface area contributed by atoms with Gasteiger partial charge in [0.05, 0.1) is 28.5 Å². The first-order chi connectivity index (χ1) is 16.4. The molecule has 178 valence electrons. The van der Waals surface area contributed by atoms with Crippen molar-refractivity contribution in [3.8, 4) is 0 Å². The fourth-order valence-electron chi connectivity index (χ4n) is 3.02. The third-order valence-electron chi connectivity index (χ3n) is 4.56. The van der Waals surface area contributed by atoms with Crippen molar-refractivity contribution >= 4 is 39.2 Å². The molecule has 0 aliphatic heterocycles. The Morgan fingerprint density at radius 1 is 1.12 bits per heavy atom. The van der Waals surface area contributed by atoms with Crippen LogP contribution in [0.2, 0.25) is 0 Å². The van der Waals surface area contributed by atoms with Crippen LogP contribution in [0.1, 0.15) is 23.1 Å². The molecule has 0 aliphatic carbocycles. The maximum atomic E-state index is 12.8. The quantitative estimate of drug-likeness (QED) is 0.242. The Morgan fingerprint density at radius 3 is 2.53 bits per heavy atom. The van der Waals surface area contributed by atoms with Crippen molar-refractivity contribution in [3.63, 3.8) is 0 Å². The van der Waals surface area contributed by atoms with Crippen LogP contribution in [0.15, 0.2) is 77.3 Å². The topological polar surface area (TPSA) is 120 Å². The summed E-state index contributed by atoms with van der Waals surface area (Å²) in [5, 5.41) is 11.2. The summed E-state index contributed by atoms with van der Waals surface area (Å²) in [6.45, 7) is 5.91. The number of carbonyl (C=O) groups is 2. The highest BCUT2D eigenvalue weighted by Crippen LogP contribution is 2.22. The number of allylic oxidation sites excluding steroid dienone is 1. The molecule has 3 aromatic rings. The first-order valence-corrected chi connectivity index (χ1v) is 13.0. The van der Waals surface area contributed by atoms with Crippen LogP contribution in [0.3, 0.4) is 0 Å². The molecule has 2 aromatic carbocycles. The zero-order chi connectivity index (χ0) is 24.6. The number of hydrogen-bond donors (Lipinski definition) is 1.